The van der Waals surface area contributed by atoms with Gasteiger partial charge in [0.25, 0.3) is 0 Å². The fourth-order valence-corrected chi connectivity index (χ4v) is 15.9. The largest absolute Gasteiger partial charge is 0.462 e. The average Bonchev–Trinajstić information content (AvgIpc) is 3.20. The molecule has 0 aliphatic heterocycles. The zero-order chi connectivity index (χ0) is 42.9. The molecule has 4 fully saturated rings. The predicted octanol–water partition coefficient (Wildman–Crippen LogP) is 13.4. The number of carbonyl (C=O) groups excluding carboxylic acids is 2. The Morgan fingerprint density at radius 3 is 1.98 bits per heavy atom. The Balaban J connectivity index is 1.18. The van der Waals surface area contributed by atoms with Crippen LogP contribution in [0.1, 0.15) is 125 Å². The Hall–Kier alpha value is -3.54. The molecule has 322 valence electrons. The Kier molecular flexibility index (Phi) is 11.3. The SMILES string of the molecule is CC(=O)O[C@H]1CC[C@]2(C)[C@H]3CC=C4[C@@H]5[C@@H](C)[C@H](C)CC[C@]5(C(=O)NC(c5ccc(Cl)cc5)P(=O)(Oc5ccccc5)Oc5ccccc5)CC[C@@]4(C)[C@]3(C)CC[C@H]2C1(C)C. The zero-order valence-electron chi connectivity index (χ0n) is 36.8. The molecule has 1 unspecified atom stereocenters. The molecule has 0 spiro atoms. The van der Waals surface area contributed by atoms with E-state index < -0.39 is 18.8 Å². The minimum atomic E-state index is -4.23. The summed E-state index contributed by atoms with van der Waals surface area (Å²) in [5, 5.41) is 3.95. The number of halogens is 1. The van der Waals surface area contributed by atoms with E-state index >= 15 is 9.36 Å². The number of benzene rings is 3. The van der Waals surface area contributed by atoms with Gasteiger partial charge in [-0.1, -0.05) is 120 Å². The molecule has 0 bridgehead atoms. The van der Waals surface area contributed by atoms with Crippen LogP contribution >= 0.6 is 19.2 Å². The van der Waals surface area contributed by atoms with Crippen LogP contribution in [0.3, 0.4) is 0 Å². The van der Waals surface area contributed by atoms with Crippen molar-refractivity contribution in [3.8, 4) is 11.5 Å². The number of esters is 1. The van der Waals surface area contributed by atoms with E-state index in [4.69, 9.17) is 25.4 Å². The van der Waals surface area contributed by atoms with E-state index in [-0.39, 0.29) is 51.5 Å². The molecule has 3 aromatic rings. The van der Waals surface area contributed by atoms with Crippen molar-refractivity contribution in [1.82, 2.24) is 5.32 Å². The van der Waals surface area contributed by atoms with Gasteiger partial charge >= 0.3 is 13.6 Å². The van der Waals surface area contributed by atoms with Gasteiger partial charge in [0.2, 0.25) is 5.91 Å². The van der Waals surface area contributed by atoms with E-state index in [0.717, 1.165) is 57.8 Å². The number of fused-ring (bicyclic) bond motifs is 7. The molecule has 7 nitrogen and oxygen atoms in total. The van der Waals surface area contributed by atoms with Gasteiger partial charge in [-0.05, 0) is 146 Å². The normalized spacial score (nSPS) is 36.1. The summed E-state index contributed by atoms with van der Waals surface area (Å²) >= 11 is 6.42. The van der Waals surface area contributed by atoms with Crippen LogP contribution in [0.4, 0.5) is 0 Å². The molecular weight excluding hydrogens is 789 g/mol. The van der Waals surface area contributed by atoms with E-state index in [1.165, 1.54) is 5.57 Å². The van der Waals surface area contributed by atoms with Crippen molar-refractivity contribution >= 4 is 31.1 Å². The molecule has 8 rings (SSSR count). The number of allylic oxidation sites excluding steroid dienone is 2. The number of ether oxygens (including phenoxy) is 1. The zero-order valence-corrected chi connectivity index (χ0v) is 38.5. The summed E-state index contributed by atoms with van der Waals surface area (Å²) in [6.45, 7) is 18.6. The molecule has 0 aromatic heterocycles. The molecule has 0 saturated heterocycles. The fourth-order valence-electron chi connectivity index (χ4n) is 13.9. The van der Waals surface area contributed by atoms with Gasteiger partial charge < -0.3 is 19.1 Å². The number of amides is 1. The van der Waals surface area contributed by atoms with Gasteiger partial charge in [-0.3, -0.25) is 9.59 Å². The second-order valence-electron chi connectivity index (χ2n) is 20.5. The fraction of sp³-hybridized carbons (Fsp3) is 0.569. The molecule has 4 saturated carbocycles. The Morgan fingerprint density at radius 2 is 1.38 bits per heavy atom. The maximum absolute atomic E-state index is 15.7. The highest BCUT2D eigenvalue weighted by Gasteiger charge is 2.70. The minimum Gasteiger partial charge on any atom is -0.462 e. The summed E-state index contributed by atoms with van der Waals surface area (Å²) in [7, 11) is -4.23. The highest BCUT2D eigenvalue weighted by Crippen LogP contribution is 2.76. The first-order chi connectivity index (χ1) is 28.4. The highest BCUT2D eigenvalue weighted by molar-refractivity contribution is 7.55. The van der Waals surface area contributed by atoms with Crippen molar-refractivity contribution in [2.75, 3.05) is 0 Å². The predicted molar refractivity (Wildman–Crippen MR) is 239 cm³/mol. The molecule has 5 aliphatic rings. The third kappa shape index (κ3) is 6.97. The van der Waals surface area contributed by atoms with Gasteiger partial charge in [-0.15, -0.1) is 0 Å². The lowest BCUT2D eigenvalue weighted by atomic mass is 9.33. The summed E-state index contributed by atoms with van der Waals surface area (Å²) in [6, 6.07) is 25.2. The molecule has 1 amide bonds. The smallest absolute Gasteiger partial charge is 0.457 e. The molecule has 60 heavy (non-hydrogen) atoms. The van der Waals surface area contributed by atoms with Gasteiger partial charge in [0.1, 0.15) is 17.6 Å². The van der Waals surface area contributed by atoms with Crippen molar-refractivity contribution in [3.05, 3.63) is 107 Å². The van der Waals surface area contributed by atoms with E-state index in [9.17, 15) is 4.79 Å². The maximum atomic E-state index is 15.7. The lowest BCUT2D eigenvalue weighted by molar-refractivity contribution is -0.212. The van der Waals surface area contributed by atoms with Gasteiger partial charge in [0.05, 0.1) is 5.41 Å². The van der Waals surface area contributed by atoms with Crippen LogP contribution in [0.5, 0.6) is 11.5 Å². The standard InChI is InChI=1S/C51H65ClNO6P/c1-33-25-30-51(46(55)53-45(36-19-21-37(52)22-20-36)60(56,58-38-15-11-9-12-16-38)59-39-17-13-10-14-18-39)32-31-49(7)40(44(51)34(33)2)23-24-42-48(6)28-27-43(57-35(3)54)47(4,5)41(48)26-29-50(42,49)8/h9-23,33-34,41-45H,24-32H2,1-8H3,(H,53,55)/t33-,34+,41+,42-,43+,44+,45?,48+,49-,50-,51+/m1/s1. The molecule has 1 N–H and O–H groups in total. The van der Waals surface area contributed by atoms with Crippen LogP contribution in [-0.4, -0.2) is 18.0 Å². The monoisotopic (exact) mass is 853 g/mol. The summed E-state index contributed by atoms with van der Waals surface area (Å²) in [4.78, 5) is 27.9. The second kappa shape index (κ2) is 15.7. The second-order valence-corrected chi connectivity index (χ2v) is 22.9. The van der Waals surface area contributed by atoms with Crippen LogP contribution < -0.4 is 14.4 Å². The minimum absolute atomic E-state index is 0.0229. The summed E-state index contributed by atoms with van der Waals surface area (Å²) < 4.78 is 34.5. The summed E-state index contributed by atoms with van der Waals surface area (Å²) in [5.41, 5.74) is 1.26. The van der Waals surface area contributed by atoms with Crippen molar-refractivity contribution in [2.24, 2.45) is 56.7 Å². The number of rotatable bonds is 9. The lowest BCUT2D eigenvalue weighted by Gasteiger charge is -2.71. The molecule has 9 heteroatoms. The van der Waals surface area contributed by atoms with Crippen LogP contribution in [-0.2, 0) is 18.9 Å². The number of nitrogens with one attached hydrogen (secondary N) is 1. The number of hydrogen-bond acceptors (Lipinski definition) is 6. The van der Waals surface area contributed by atoms with Crippen molar-refractivity contribution in [2.45, 2.75) is 125 Å². The van der Waals surface area contributed by atoms with E-state index in [1.807, 2.05) is 48.5 Å². The highest BCUT2D eigenvalue weighted by atomic mass is 35.5. The molecule has 11 atom stereocenters. The first-order valence-electron chi connectivity index (χ1n) is 22.4. The number of para-hydroxylation sites is 2. The van der Waals surface area contributed by atoms with Crippen LogP contribution in [0.2, 0.25) is 5.02 Å². The number of hydrogen-bond donors (Lipinski definition) is 1. The van der Waals surface area contributed by atoms with E-state index in [1.54, 1.807) is 43.3 Å². The lowest BCUT2D eigenvalue weighted by Crippen LogP contribution is -2.66. The Morgan fingerprint density at radius 1 is 0.767 bits per heavy atom. The van der Waals surface area contributed by atoms with E-state index in [0.29, 0.717) is 39.8 Å². The topological polar surface area (TPSA) is 90.9 Å². The van der Waals surface area contributed by atoms with Crippen LogP contribution in [0.15, 0.2) is 96.6 Å². The Bertz CT molecular complexity index is 2110. The van der Waals surface area contributed by atoms with Gasteiger partial charge in [-0.2, -0.15) is 0 Å². The number of carbonyl (C=O) groups is 2. The molecule has 3 aromatic carbocycles. The summed E-state index contributed by atoms with van der Waals surface area (Å²) in [6.07, 6.45) is 11.0. The molecule has 5 aliphatic carbocycles. The van der Waals surface area contributed by atoms with Crippen molar-refractivity contribution in [1.29, 1.82) is 0 Å². The molecular formula is C51H65ClNO6P. The Labute approximate surface area is 363 Å². The molecule has 0 radical (unpaired) electrons. The molecule has 0 heterocycles. The first kappa shape index (κ1) is 43.1. The van der Waals surface area contributed by atoms with Crippen LogP contribution in [0, 0.1) is 56.7 Å². The van der Waals surface area contributed by atoms with Crippen molar-refractivity contribution < 1.29 is 27.9 Å². The quantitative estimate of drug-likeness (QED) is 0.131. The van der Waals surface area contributed by atoms with Gasteiger partial charge in [0, 0.05) is 17.4 Å². The average molecular weight is 855 g/mol. The first-order valence-corrected chi connectivity index (χ1v) is 24.4. The summed E-state index contributed by atoms with van der Waals surface area (Å²) in [5.74, 6) is 1.02. The van der Waals surface area contributed by atoms with Crippen molar-refractivity contribution in [3.63, 3.8) is 0 Å². The van der Waals surface area contributed by atoms with Gasteiger partial charge in [-0.25, -0.2) is 4.57 Å². The third-order valence-electron chi connectivity index (χ3n) is 17.4. The van der Waals surface area contributed by atoms with Crippen LogP contribution in [0.25, 0.3) is 0 Å². The third-order valence-corrected chi connectivity index (χ3v) is 19.7. The van der Waals surface area contributed by atoms with Gasteiger partial charge in [0.15, 0.2) is 5.78 Å². The maximum Gasteiger partial charge on any atom is 0.457 e. The van der Waals surface area contributed by atoms with E-state index in [2.05, 4.69) is 59.9 Å².